The SMILES string of the molecule is CC(C)(C)OC(=O)N[C@@H](COCc1ccccc1)[C@H](O[Si](C)(C)C(C)(C)C)[C@@H](O)[C@@H]1COC(C)(C)O1. The molecule has 1 heterocycles. The van der Waals surface area contributed by atoms with Crippen molar-refractivity contribution in [3.8, 4) is 0 Å². The van der Waals surface area contributed by atoms with E-state index in [9.17, 15) is 9.90 Å². The van der Waals surface area contributed by atoms with Crippen LogP contribution in [0.1, 0.15) is 61.0 Å². The largest absolute Gasteiger partial charge is 0.444 e. The second-order valence-corrected chi connectivity index (χ2v) is 17.2. The average Bonchev–Trinajstić information content (AvgIpc) is 3.09. The first-order chi connectivity index (χ1) is 16.4. The Kier molecular flexibility index (Phi) is 10.2. The van der Waals surface area contributed by atoms with Crippen LogP contribution in [0.5, 0.6) is 0 Å². The number of nitrogens with one attached hydrogen (secondary N) is 1. The van der Waals surface area contributed by atoms with Gasteiger partial charge in [-0.1, -0.05) is 51.1 Å². The van der Waals surface area contributed by atoms with E-state index < -0.39 is 50.2 Å². The Bertz CT molecular complexity index is 833. The molecule has 9 heteroatoms. The van der Waals surface area contributed by atoms with Gasteiger partial charge >= 0.3 is 6.09 Å². The van der Waals surface area contributed by atoms with E-state index in [-0.39, 0.29) is 18.3 Å². The summed E-state index contributed by atoms with van der Waals surface area (Å²) >= 11 is 0. The fourth-order valence-electron chi connectivity index (χ4n) is 3.56. The Morgan fingerprint density at radius 3 is 2.28 bits per heavy atom. The summed E-state index contributed by atoms with van der Waals surface area (Å²) in [6.45, 7) is 20.3. The number of alkyl carbamates (subject to hydrolysis) is 1. The van der Waals surface area contributed by atoms with Crippen LogP contribution in [0.15, 0.2) is 30.3 Å². The average molecular weight is 526 g/mol. The first-order valence-electron chi connectivity index (χ1n) is 12.7. The Balaban J connectivity index is 2.34. The first kappa shape index (κ1) is 30.7. The van der Waals surface area contributed by atoms with Gasteiger partial charge in [-0.25, -0.2) is 4.79 Å². The van der Waals surface area contributed by atoms with Gasteiger partial charge in [0.05, 0.1) is 32.0 Å². The van der Waals surface area contributed by atoms with Crippen molar-refractivity contribution in [3.63, 3.8) is 0 Å². The molecule has 36 heavy (non-hydrogen) atoms. The van der Waals surface area contributed by atoms with Crippen molar-refractivity contribution in [3.05, 3.63) is 35.9 Å². The minimum Gasteiger partial charge on any atom is -0.444 e. The number of ether oxygens (including phenoxy) is 4. The molecule has 0 spiro atoms. The van der Waals surface area contributed by atoms with Crippen LogP contribution in [0.25, 0.3) is 0 Å². The van der Waals surface area contributed by atoms with Crippen LogP contribution >= 0.6 is 0 Å². The number of hydrogen-bond acceptors (Lipinski definition) is 7. The second-order valence-electron chi connectivity index (χ2n) is 12.5. The van der Waals surface area contributed by atoms with E-state index in [2.05, 4.69) is 39.2 Å². The van der Waals surface area contributed by atoms with E-state index in [1.54, 1.807) is 20.8 Å². The van der Waals surface area contributed by atoms with Crippen molar-refractivity contribution in [1.29, 1.82) is 0 Å². The molecule has 2 rings (SSSR count). The minimum atomic E-state index is -2.39. The van der Waals surface area contributed by atoms with Crippen LogP contribution in [0.3, 0.4) is 0 Å². The molecule has 8 nitrogen and oxygen atoms in total. The molecular weight excluding hydrogens is 478 g/mol. The summed E-state index contributed by atoms with van der Waals surface area (Å²) in [7, 11) is -2.39. The standard InChI is InChI=1S/C27H47NO7Si/c1-25(2,3)34-24(30)28-20(17-31-16-19-14-12-11-13-15-19)23(35-36(9,10)26(4,5)6)22(29)21-18-32-27(7,8)33-21/h11-15,20-23,29H,16-18H2,1-10H3,(H,28,30)/t20-,21-,22-,23-/m0/s1. The van der Waals surface area contributed by atoms with Gasteiger partial charge in [-0.15, -0.1) is 0 Å². The van der Waals surface area contributed by atoms with Crippen LogP contribution in [0, 0.1) is 0 Å². The predicted molar refractivity (Wildman–Crippen MR) is 142 cm³/mol. The van der Waals surface area contributed by atoms with Crippen molar-refractivity contribution < 1.29 is 33.3 Å². The highest BCUT2D eigenvalue weighted by molar-refractivity contribution is 6.74. The third-order valence-corrected chi connectivity index (χ3v) is 11.0. The van der Waals surface area contributed by atoms with Crippen LogP contribution in [-0.2, 0) is 30.0 Å². The van der Waals surface area contributed by atoms with Gasteiger partial charge in [0.15, 0.2) is 14.1 Å². The number of carbonyl (C=O) groups excluding carboxylic acids is 1. The van der Waals surface area contributed by atoms with Gasteiger partial charge in [-0.05, 0) is 58.3 Å². The zero-order valence-electron chi connectivity index (χ0n) is 23.7. The van der Waals surface area contributed by atoms with Crippen molar-refractivity contribution in [2.24, 2.45) is 0 Å². The lowest BCUT2D eigenvalue weighted by atomic mass is 10.0. The molecule has 0 radical (unpaired) electrons. The third-order valence-electron chi connectivity index (χ3n) is 6.49. The van der Waals surface area contributed by atoms with E-state index >= 15 is 0 Å². The second kappa shape index (κ2) is 11.9. The van der Waals surface area contributed by atoms with Gasteiger partial charge in [-0.3, -0.25) is 0 Å². The molecule has 1 aliphatic rings. The maximum Gasteiger partial charge on any atom is 0.408 e. The molecule has 0 aliphatic carbocycles. The Morgan fingerprint density at radius 1 is 1.17 bits per heavy atom. The molecule has 0 unspecified atom stereocenters. The van der Waals surface area contributed by atoms with Gasteiger partial charge in [0, 0.05) is 0 Å². The highest BCUT2D eigenvalue weighted by atomic mass is 28.4. The lowest BCUT2D eigenvalue weighted by Gasteiger charge is -2.43. The summed E-state index contributed by atoms with van der Waals surface area (Å²) in [6.07, 6.45) is -3.10. The zero-order valence-corrected chi connectivity index (χ0v) is 24.7. The highest BCUT2D eigenvalue weighted by Gasteiger charge is 2.48. The summed E-state index contributed by atoms with van der Waals surface area (Å²) in [6, 6.07) is 9.09. The topological polar surface area (TPSA) is 95.5 Å². The summed E-state index contributed by atoms with van der Waals surface area (Å²) in [4.78, 5) is 12.8. The predicted octanol–water partition coefficient (Wildman–Crippen LogP) is 5.00. The van der Waals surface area contributed by atoms with Gasteiger partial charge in [0.2, 0.25) is 0 Å². The molecule has 4 atom stereocenters. The van der Waals surface area contributed by atoms with Crippen LogP contribution in [0.2, 0.25) is 18.1 Å². The molecule has 1 saturated heterocycles. The number of amides is 1. The molecule has 1 aromatic carbocycles. The van der Waals surface area contributed by atoms with E-state index in [1.807, 2.05) is 44.2 Å². The summed E-state index contributed by atoms with van der Waals surface area (Å²) < 4.78 is 30.0. The van der Waals surface area contributed by atoms with Gasteiger partial charge < -0.3 is 33.8 Å². The first-order valence-corrected chi connectivity index (χ1v) is 15.6. The maximum absolute atomic E-state index is 12.8. The molecular formula is C27H47NO7Si. The number of benzene rings is 1. The number of carbonyl (C=O) groups is 1. The Morgan fingerprint density at radius 2 is 1.78 bits per heavy atom. The lowest BCUT2D eigenvalue weighted by molar-refractivity contribution is -0.162. The van der Waals surface area contributed by atoms with Gasteiger partial charge in [0.25, 0.3) is 0 Å². The van der Waals surface area contributed by atoms with E-state index in [4.69, 9.17) is 23.4 Å². The summed E-state index contributed by atoms with van der Waals surface area (Å²) in [5.41, 5.74) is 0.325. The fourth-order valence-corrected chi connectivity index (χ4v) is 4.90. The zero-order chi connectivity index (χ0) is 27.4. The minimum absolute atomic E-state index is 0.113. The lowest BCUT2D eigenvalue weighted by Crippen LogP contribution is -2.60. The van der Waals surface area contributed by atoms with Gasteiger partial charge in [0.1, 0.15) is 17.8 Å². The molecule has 0 aromatic heterocycles. The molecule has 0 bridgehead atoms. The van der Waals surface area contributed by atoms with E-state index in [0.717, 1.165) is 5.56 Å². The molecule has 1 aliphatic heterocycles. The van der Waals surface area contributed by atoms with Crippen molar-refractivity contribution >= 4 is 14.4 Å². The number of hydrogen-bond donors (Lipinski definition) is 2. The van der Waals surface area contributed by atoms with Crippen molar-refractivity contribution in [2.75, 3.05) is 13.2 Å². The molecule has 1 aromatic rings. The Hall–Kier alpha value is -1.49. The van der Waals surface area contributed by atoms with Crippen molar-refractivity contribution in [1.82, 2.24) is 5.32 Å². The molecule has 0 saturated carbocycles. The Labute approximate surface area is 218 Å². The number of aliphatic hydroxyl groups is 1. The van der Waals surface area contributed by atoms with Crippen LogP contribution in [-0.4, -0.2) is 68.5 Å². The summed E-state index contributed by atoms with van der Waals surface area (Å²) in [5, 5.41) is 14.3. The fraction of sp³-hybridized carbons (Fsp3) is 0.741. The molecule has 1 amide bonds. The van der Waals surface area contributed by atoms with Crippen LogP contribution in [0.4, 0.5) is 4.79 Å². The van der Waals surface area contributed by atoms with Crippen LogP contribution < -0.4 is 5.32 Å². The monoisotopic (exact) mass is 525 g/mol. The van der Waals surface area contributed by atoms with E-state index in [0.29, 0.717) is 6.61 Å². The smallest absolute Gasteiger partial charge is 0.408 e. The van der Waals surface area contributed by atoms with Crippen molar-refractivity contribution in [2.45, 2.75) is 116 Å². The maximum atomic E-state index is 12.8. The molecule has 1 fully saturated rings. The summed E-state index contributed by atoms with van der Waals surface area (Å²) in [5.74, 6) is -0.814. The highest BCUT2D eigenvalue weighted by Crippen LogP contribution is 2.39. The van der Waals surface area contributed by atoms with E-state index in [1.165, 1.54) is 0 Å². The molecule has 2 N–H and O–H groups in total. The third kappa shape index (κ3) is 9.43. The quantitative estimate of drug-likeness (QED) is 0.415. The molecule has 206 valence electrons. The normalized spacial score (nSPS) is 21.0. The number of aliphatic hydroxyl groups excluding tert-OH is 1. The van der Waals surface area contributed by atoms with Gasteiger partial charge in [-0.2, -0.15) is 0 Å². The number of rotatable bonds is 10.